The summed E-state index contributed by atoms with van der Waals surface area (Å²) < 4.78 is 14.9. The van der Waals surface area contributed by atoms with E-state index >= 15 is 0 Å². The van der Waals surface area contributed by atoms with E-state index < -0.39 is 0 Å². The first-order valence-electron chi connectivity index (χ1n) is 11.7. The van der Waals surface area contributed by atoms with Crippen molar-refractivity contribution in [1.29, 1.82) is 0 Å². The molecule has 4 rings (SSSR count). The van der Waals surface area contributed by atoms with Crippen LogP contribution in [0.15, 0.2) is 73.4 Å². The monoisotopic (exact) mass is 611 g/mol. The highest BCUT2D eigenvalue weighted by atomic mass is 79.9. The lowest BCUT2D eigenvalue weighted by Crippen LogP contribution is -2.23. The molecule has 186 valence electrons. The van der Waals surface area contributed by atoms with Crippen molar-refractivity contribution >= 4 is 49.0 Å². The van der Waals surface area contributed by atoms with Gasteiger partial charge in [0.15, 0.2) is 11.5 Å². The van der Waals surface area contributed by atoms with Gasteiger partial charge in [0.1, 0.15) is 12.4 Å². The second kappa shape index (κ2) is 11.4. The Morgan fingerprint density at radius 1 is 1.06 bits per heavy atom. The minimum absolute atomic E-state index is 0.00252. The number of hydrogen-bond acceptors (Lipinski definition) is 5. The molecule has 3 aromatic carbocycles. The van der Waals surface area contributed by atoms with Crippen LogP contribution in [0, 0.1) is 6.92 Å². The Kier molecular flexibility index (Phi) is 8.26. The van der Waals surface area contributed by atoms with Gasteiger partial charge >= 0.3 is 0 Å². The van der Waals surface area contributed by atoms with Gasteiger partial charge in [-0.2, -0.15) is 9.78 Å². The molecule has 0 atom stereocenters. The normalized spacial score (nSPS) is 11.5. The van der Waals surface area contributed by atoms with Gasteiger partial charge in [0, 0.05) is 20.4 Å². The summed E-state index contributed by atoms with van der Waals surface area (Å²) in [5.74, 6) is 1.82. The summed E-state index contributed by atoms with van der Waals surface area (Å²) in [4.78, 5) is 18.0. The minimum atomic E-state index is -0.222. The lowest BCUT2D eigenvalue weighted by Gasteiger charge is -2.15. The lowest BCUT2D eigenvalue weighted by atomic mass is 10.1. The van der Waals surface area contributed by atoms with Crippen molar-refractivity contribution in [2.45, 2.75) is 40.2 Å². The van der Waals surface area contributed by atoms with E-state index in [1.807, 2.05) is 57.2 Å². The number of aryl methyl sites for hydroxylation is 1. The maximum atomic E-state index is 13.3. The van der Waals surface area contributed by atoms with E-state index in [0.717, 1.165) is 20.1 Å². The van der Waals surface area contributed by atoms with Crippen molar-refractivity contribution in [3.63, 3.8) is 0 Å². The first-order valence-corrected chi connectivity index (χ1v) is 13.3. The molecule has 0 N–H and O–H groups in total. The van der Waals surface area contributed by atoms with Crippen molar-refractivity contribution < 1.29 is 9.47 Å². The number of halogens is 2. The van der Waals surface area contributed by atoms with Crippen LogP contribution in [0.3, 0.4) is 0 Å². The summed E-state index contributed by atoms with van der Waals surface area (Å²) in [5.41, 5.74) is 3.43. The Morgan fingerprint density at radius 2 is 1.83 bits per heavy atom. The average molecular weight is 613 g/mol. The molecule has 8 heteroatoms. The quantitative estimate of drug-likeness (QED) is 0.197. The van der Waals surface area contributed by atoms with Crippen LogP contribution >= 0.6 is 31.9 Å². The van der Waals surface area contributed by atoms with Crippen molar-refractivity contribution in [2.24, 2.45) is 5.10 Å². The van der Waals surface area contributed by atoms with Crippen LogP contribution in [-0.4, -0.2) is 22.5 Å². The molecular formula is C28H27Br2N3O3. The molecule has 1 aromatic heterocycles. The van der Waals surface area contributed by atoms with Crippen LogP contribution in [0.5, 0.6) is 11.5 Å². The first kappa shape index (κ1) is 26.1. The van der Waals surface area contributed by atoms with Crippen LogP contribution in [0.4, 0.5) is 0 Å². The number of fused-ring (bicyclic) bond motifs is 1. The Hall–Kier alpha value is -2.97. The topological polar surface area (TPSA) is 65.7 Å². The third kappa shape index (κ3) is 5.87. The lowest BCUT2D eigenvalue weighted by molar-refractivity contribution is 0.269. The van der Waals surface area contributed by atoms with Gasteiger partial charge in [-0.15, -0.1) is 0 Å². The molecule has 0 aliphatic rings. The molecule has 4 aromatic rings. The number of benzene rings is 3. The third-order valence-corrected chi connectivity index (χ3v) is 6.68. The molecule has 0 saturated heterocycles. The van der Waals surface area contributed by atoms with E-state index in [-0.39, 0.29) is 11.5 Å². The van der Waals surface area contributed by atoms with Crippen LogP contribution in [0.1, 0.15) is 49.2 Å². The fraction of sp³-hybridized carbons (Fsp3) is 0.250. The molecule has 0 aliphatic heterocycles. The molecule has 0 radical (unpaired) electrons. The number of ether oxygens (including phenoxy) is 2. The highest BCUT2D eigenvalue weighted by Crippen LogP contribution is 2.34. The molecule has 0 fully saturated rings. The predicted molar refractivity (Wildman–Crippen MR) is 152 cm³/mol. The Labute approximate surface area is 227 Å². The summed E-state index contributed by atoms with van der Waals surface area (Å²) in [7, 11) is 0. The predicted octanol–water partition coefficient (Wildman–Crippen LogP) is 7.21. The SMILES string of the molecule is CCOc1cc(C=Nn2c(C(C)C)nc3ccc(Br)cc3c2=O)c(Br)cc1OCc1cccc(C)c1. The largest absolute Gasteiger partial charge is 0.490 e. The van der Waals surface area contributed by atoms with Gasteiger partial charge in [0.05, 0.1) is 23.7 Å². The van der Waals surface area contributed by atoms with Gasteiger partial charge in [-0.25, -0.2) is 4.98 Å². The second-order valence-electron chi connectivity index (χ2n) is 8.68. The highest BCUT2D eigenvalue weighted by Gasteiger charge is 2.15. The van der Waals surface area contributed by atoms with Crippen LogP contribution in [-0.2, 0) is 6.61 Å². The number of aromatic nitrogens is 2. The molecule has 0 saturated carbocycles. The first-order chi connectivity index (χ1) is 17.3. The fourth-order valence-corrected chi connectivity index (χ4v) is 4.55. The molecule has 36 heavy (non-hydrogen) atoms. The maximum Gasteiger partial charge on any atom is 0.282 e. The van der Waals surface area contributed by atoms with Gasteiger partial charge in [0.25, 0.3) is 5.56 Å². The van der Waals surface area contributed by atoms with E-state index in [0.29, 0.717) is 41.4 Å². The van der Waals surface area contributed by atoms with E-state index in [2.05, 4.69) is 56.0 Å². The smallest absolute Gasteiger partial charge is 0.282 e. The summed E-state index contributed by atoms with van der Waals surface area (Å²) in [6.07, 6.45) is 1.63. The van der Waals surface area contributed by atoms with Crippen molar-refractivity contribution in [2.75, 3.05) is 6.61 Å². The third-order valence-electron chi connectivity index (χ3n) is 5.50. The van der Waals surface area contributed by atoms with Crippen molar-refractivity contribution in [3.8, 4) is 11.5 Å². The highest BCUT2D eigenvalue weighted by molar-refractivity contribution is 9.10. The molecule has 0 unspecified atom stereocenters. The Morgan fingerprint density at radius 3 is 2.56 bits per heavy atom. The van der Waals surface area contributed by atoms with E-state index in [1.165, 1.54) is 10.2 Å². The van der Waals surface area contributed by atoms with Crippen molar-refractivity contribution in [3.05, 3.63) is 96.4 Å². The van der Waals surface area contributed by atoms with Gasteiger partial charge in [-0.05, 0) is 65.7 Å². The van der Waals surface area contributed by atoms with E-state index in [4.69, 9.17) is 14.5 Å². The van der Waals surface area contributed by atoms with Gasteiger partial charge in [0.2, 0.25) is 0 Å². The number of rotatable bonds is 8. The van der Waals surface area contributed by atoms with Gasteiger partial charge < -0.3 is 9.47 Å². The molecule has 0 spiro atoms. The molecule has 1 heterocycles. The van der Waals surface area contributed by atoms with Crippen LogP contribution in [0.2, 0.25) is 0 Å². The fourth-order valence-electron chi connectivity index (χ4n) is 3.77. The van der Waals surface area contributed by atoms with E-state index in [1.54, 1.807) is 12.3 Å². The number of nitrogens with zero attached hydrogens (tertiary/aromatic N) is 3. The average Bonchev–Trinajstić information content (AvgIpc) is 2.84. The molecule has 6 nitrogen and oxygen atoms in total. The Bertz CT molecular complexity index is 1500. The minimum Gasteiger partial charge on any atom is -0.490 e. The zero-order valence-corrected chi connectivity index (χ0v) is 23.8. The van der Waals surface area contributed by atoms with E-state index in [9.17, 15) is 4.79 Å². The summed E-state index contributed by atoms with van der Waals surface area (Å²) in [6, 6.07) is 17.4. The Balaban J connectivity index is 1.70. The molecule has 0 amide bonds. The summed E-state index contributed by atoms with van der Waals surface area (Å²) in [6.45, 7) is 8.86. The summed E-state index contributed by atoms with van der Waals surface area (Å²) in [5, 5.41) is 5.05. The zero-order valence-electron chi connectivity index (χ0n) is 20.6. The molecular weight excluding hydrogens is 586 g/mol. The zero-order chi connectivity index (χ0) is 25.8. The van der Waals surface area contributed by atoms with Crippen LogP contribution < -0.4 is 15.0 Å². The van der Waals surface area contributed by atoms with Crippen molar-refractivity contribution in [1.82, 2.24) is 9.66 Å². The van der Waals surface area contributed by atoms with Crippen LogP contribution in [0.25, 0.3) is 10.9 Å². The maximum absolute atomic E-state index is 13.3. The molecule has 0 bridgehead atoms. The second-order valence-corrected chi connectivity index (χ2v) is 10.4. The van der Waals surface area contributed by atoms with Gasteiger partial charge in [-0.1, -0.05) is 59.6 Å². The summed E-state index contributed by atoms with van der Waals surface area (Å²) >= 11 is 7.06. The number of hydrogen-bond donors (Lipinski definition) is 0. The molecule has 0 aliphatic carbocycles. The standard InChI is InChI=1S/C28H27Br2N3O3/c1-5-35-25-12-20(23(30)14-26(25)36-16-19-8-6-7-18(4)11-19)15-31-33-27(17(2)3)32-24-10-9-21(29)13-22(24)28(33)34/h6-15,17H,5,16H2,1-4H3. The van der Waals surface area contributed by atoms with Gasteiger partial charge in [-0.3, -0.25) is 4.79 Å².